The lowest BCUT2D eigenvalue weighted by Gasteiger charge is -2.11. The molecule has 0 aromatic carbocycles. The second kappa shape index (κ2) is 4.20. The number of halogens is 2. The summed E-state index contributed by atoms with van der Waals surface area (Å²) >= 11 is 0. The largest absolute Gasteiger partial charge is 0.481 e. The normalized spacial score (nSPS) is 10.7. The molecule has 0 saturated heterocycles. The van der Waals surface area contributed by atoms with Gasteiger partial charge in [0.1, 0.15) is 5.82 Å². The van der Waals surface area contributed by atoms with Crippen molar-refractivity contribution < 1.29 is 18.7 Å². The molecular formula is C9H10F2N2O2. The van der Waals surface area contributed by atoms with E-state index in [9.17, 15) is 13.6 Å². The van der Waals surface area contributed by atoms with Crippen molar-refractivity contribution in [2.24, 2.45) is 0 Å². The number of carboxylic acid groups (broad SMARTS) is 1. The number of carbonyl (C=O) groups is 1. The number of anilines is 1. The maximum atomic E-state index is 12.6. The Bertz CT molecular complexity index is 394. The van der Waals surface area contributed by atoms with Gasteiger partial charge in [-0.05, 0) is 18.1 Å². The molecule has 0 atom stereocenters. The van der Waals surface area contributed by atoms with Gasteiger partial charge in [-0.3, -0.25) is 4.79 Å². The molecule has 0 aliphatic heterocycles. The Hall–Kier alpha value is -1.72. The van der Waals surface area contributed by atoms with Crippen LogP contribution in [0.5, 0.6) is 0 Å². The summed E-state index contributed by atoms with van der Waals surface area (Å²) in [5.41, 5.74) is 5.26. The second-order valence-electron chi connectivity index (χ2n) is 3.09. The van der Waals surface area contributed by atoms with Gasteiger partial charge in [0.05, 0.1) is 12.0 Å². The Labute approximate surface area is 84.7 Å². The molecule has 3 N–H and O–H groups in total. The van der Waals surface area contributed by atoms with Crippen LogP contribution in [0.3, 0.4) is 0 Å². The number of nitrogens with two attached hydrogens (primary N) is 1. The Kier molecular flexibility index (Phi) is 3.18. The van der Waals surface area contributed by atoms with E-state index in [0.29, 0.717) is 5.56 Å². The fourth-order valence-corrected chi connectivity index (χ4v) is 1.31. The molecule has 0 unspecified atom stereocenters. The molecule has 1 heterocycles. The van der Waals surface area contributed by atoms with Crippen LogP contribution in [0.4, 0.5) is 14.6 Å². The fourth-order valence-electron chi connectivity index (χ4n) is 1.31. The zero-order chi connectivity index (χ0) is 11.6. The highest BCUT2D eigenvalue weighted by Gasteiger charge is 2.20. The molecule has 0 spiro atoms. The maximum absolute atomic E-state index is 12.6. The molecule has 0 fully saturated rings. The van der Waals surface area contributed by atoms with Crippen LogP contribution in [-0.2, 0) is 11.2 Å². The summed E-state index contributed by atoms with van der Waals surface area (Å²) in [5, 5.41) is 8.58. The van der Waals surface area contributed by atoms with Gasteiger partial charge < -0.3 is 10.8 Å². The number of nitrogen functional groups attached to an aromatic ring is 1. The molecule has 15 heavy (non-hydrogen) atoms. The molecule has 0 radical (unpaired) electrons. The van der Waals surface area contributed by atoms with Gasteiger partial charge in [0, 0.05) is 6.20 Å². The third-order valence-corrected chi connectivity index (χ3v) is 2.02. The maximum Gasteiger partial charge on any atom is 0.307 e. The smallest absolute Gasteiger partial charge is 0.307 e. The molecule has 6 heteroatoms. The van der Waals surface area contributed by atoms with E-state index in [1.165, 1.54) is 13.1 Å². The molecule has 4 nitrogen and oxygen atoms in total. The van der Waals surface area contributed by atoms with Crippen LogP contribution in [0.25, 0.3) is 0 Å². The summed E-state index contributed by atoms with van der Waals surface area (Å²) in [5.74, 6) is -1.49. The first-order valence-electron chi connectivity index (χ1n) is 4.17. The average Bonchev–Trinajstić information content (AvgIpc) is 2.10. The van der Waals surface area contributed by atoms with Gasteiger partial charge in [-0.25, -0.2) is 13.8 Å². The van der Waals surface area contributed by atoms with Gasteiger partial charge in [-0.15, -0.1) is 0 Å². The molecular weight excluding hydrogens is 206 g/mol. The Morgan fingerprint density at radius 2 is 2.27 bits per heavy atom. The predicted octanol–water partition coefficient (Wildman–Crippen LogP) is 1.54. The lowest BCUT2D eigenvalue weighted by atomic mass is 10.0. The lowest BCUT2D eigenvalue weighted by molar-refractivity contribution is -0.136. The van der Waals surface area contributed by atoms with Crippen LogP contribution in [0, 0.1) is 6.92 Å². The van der Waals surface area contributed by atoms with Crippen LogP contribution in [-0.4, -0.2) is 16.1 Å². The number of pyridine rings is 1. The SMILES string of the molecule is Cc1cnc(N)c(C(F)F)c1CC(=O)O. The van der Waals surface area contributed by atoms with E-state index >= 15 is 0 Å². The zero-order valence-electron chi connectivity index (χ0n) is 8.00. The minimum atomic E-state index is -2.81. The van der Waals surface area contributed by atoms with Crippen molar-refractivity contribution >= 4 is 11.8 Å². The Balaban J connectivity index is 3.31. The van der Waals surface area contributed by atoms with E-state index in [1.54, 1.807) is 0 Å². The van der Waals surface area contributed by atoms with Crippen molar-refractivity contribution in [1.29, 1.82) is 0 Å². The van der Waals surface area contributed by atoms with Gasteiger partial charge in [0.2, 0.25) is 0 Å². The Morgan fingerprint density at radius 3 is 2.73 bits per heavy atom. The summed E-state index contributed by atoms with van der Waals surface area (Å²) in [7, 11) is 0. The summed E-state index contributed by atoms with van der Waals surface area (Å²) < 4.78 is 25.2. The predicted molar refractivity (Wildman–Crippen MR) is 49.7 cm³/mol. The van der Waals surface area contributed by atoms with E-state index < -0.39 is 24.4 Å². The van der Waals surface area contributed by atoms with Gasteiger partial charge >= 0.3 is 5.97 Å². The van der Waals surface area contributed by atoms with Crippen molar-refractivity contribution in [1.82, 2.24) is 4.98 Å². The van der Waals surface area contributed by atoms with Crippen LogP contribution >= 0.6 is 0 Å². The number of carboxylic acids is 1. The second-order valence-corrected chi connectivity index (χ2v) is 3.09. The molecule has 0 bridgehead atoms. The summed E-state index contributed by atoms with van der Waals surface area (Å²) in [4.78, 5) is 14.1. The summed E-state index contributed by atoms with van der Waals surface area (Å²) in [6.45, 7) is 1.52. The highest BCUT2D eigenvalue weighted by molar-refractivity contribution is 5.72. The Morgan fingerprint density at radius 1 is 1.67 bits per heavy atom. The van der Waals surface area contributed by atoms with Crippen molar-refractivity contribution in [3.05, 3.63) is 22.9 Å². The molecule has 0 aliphatic rings. The number of aliphatic carboxylic acids is 1. The first-order chi connectivity index (χ1) is 6.93. The molecule has 1 rings (SSSR count). The van der Waals surface area contributed by atoms with Crippen LogP contribution in [0.2, 0.25) is 0 Å². The minimum absolute atomic E-state index is 0.0463. The van der Waals surface area contributed by atoms with Gasteiger partial charge in [-0.1, -0.05) is 0 Å². The molecule has 1 aromatic rings. The van der Waals surface area contributed by atoms with E-state index in [-0.39, 0.29) is 11.4 Å². The summed E-state index contributed by atoms with van der Waals surface area (Å²) in [6, 6.07) is 0. The van der Waals surface area contributed by atoms with E-state index in [1.807, 2.05) is 0 Å². The quantitative estimate of drug-likeness (QED) is 0.803. The van der Waals surface area contributed by atoms with Gasteiger partial charge in [-0.2, -0.15) is 0 Å². The molecule has 0 aliphatic carbocycles. The van der Waals surface area contributed by atoms with Crippen LogP contribution in [0.1, 0.15) is 23.1 Å². The van der Waals surface area contributed by atoms with Gasteiger partial charge in [0.25, 0.3) is 6.43 Å². The highest BCUT2D eigenvalue weighted by atomic mass is 19.3. The number of aromatic nitrogens is 1. The number of hydrogen-bond donors (Lipinski definition) is 2. The van der Waals surface area contributed by atoms with Crippen molar-refractivity contribution in [3.8, 4) is 0 Å². The van der Waals surface area contributed by atoms with Crippen molar-refractivity contribution in [2.75, 3.05) is 5.73 Å². The van der Waals surface area contributed by atoms with E-state index in [4.69, 9.17) is 10.8 Å². The molecule has 0 amide bonds. The number of nitrogens with zero attached hydrogens (tertiary/aromatic N) is 1. The fraction of sp³-hybridized carbons (Fsp3) is 0.333. The number of rotatable bonds is 3. The topological polar surface area (TPSA) is 76.2 Å². The molecule has 82 valence electrons. The van der Waals surface area contributed by atoms with Gasteiger partial charge in [0.15, 0.2) is 0 Å². The van der Waals surface area contributed by atoms with Crippen molar-refractivity contribution in [3.63, 3.8) is 0 Å². The third kappa shape index (κ3) is 2.39. The monoisotopic (exact) mass is 216 g/mol. The third-order valence-electron chi connectivity index (χ3n) is 2.02. The average molecular weight is 216 g/mol. The van der Waals surface area contributed by atoms with Crippen molar-refractivity contribution in [2.45, 2.75) is 19.8 Å². The lowest BCUT2D eigenvalue weighted by Crippen LogP contribution is -2.10. The van der Waals surface area contributed by atoms with Crippen LogP contribution in [0.15, 0.2) is 6.20 Å². The standard InChI is InChI=1S/C9H10F2N2O2/c1-4-3-13-9(12)7(8(10)11)5(4)2-6(14)15/h3,8H,2H2,1H3,(H2,12,13)(H,14,15). The number of alkyl halides is 2. The first kappa shape index (κ1) is 11.4. The van der Waals surface area contributed by atoms with E-state index in [0.717, 1.165) is 0 Å². The minimum Gasteiger partial charge on any atom is -0.481 e. The highest BCUT2D eigenvalue weighted by Crippen LogP contribution is 2.29. The number of aryl methyl sites for hydroxylation is 1. The van der Waals surface area contributed by atoms with E-state index in [2.05, 4.69) is 4.98 Å². The molecule has 0 saturated carbocycles. The van der Waals surface area contributed by atoms with Crippen LogP contribution < -0.4 is 5.73 Å². The molecule has 1 aromatic heterocycles. The first-order valence-corrected chi connectivity index (χ1v) is 4.17. The zero-order valence-corrected chi connectivity index (χ0v) is 8.00. The number of hydrogen-bond acceptors (Lipinski definition) is 3. The summed E-state index contributed by atoms with van der Waals surface area (Å²) in [6.07, 6.45) is -2.00.